The largest absolute Gasteiger partial charge is 0.504 e. The molecule has 0 aromatic carbocycles. The first-order valence-electron chi connectivity index (χ1n) is 7.62. The lowest BCUT2D eigenvalue weighted by atomic mass is 9.50. The molecule has 2 N–H and O–H groups in total. The number of carbonyl (C=O) groups excluding carboxylic acids is 1. The summed E-state index contributed by atoms with van der Waals surface area (Å²) in [5.74, 6) is -0.406. The highest BCUT2D eigenvalue weighted by Gasteiger charge is 2.68. The number of carbonyl (C=O) groups is 1. The van der Waals surface area contributed by atoms with Gasteiger partial charge in [0.25, 0.3) is 0 Å². The topological polar surface area (TPSA) is 60.8 Å². The van der Waals surface area contributed by atoms with Gasteiger partial charge in [0.15, 0.2) is 5.76 Å². The van der Waals surface area contributed by atoms with Crippen molar-refractivity contribution in [3.63, 3.8) is 0 Å². The normalized spacial score (nSPS) is 47.4. The van der Waals surface area contributed by atoms with E-state index >= 15 is 0 Å². The molecular weight excluding hydrogens is 254 g/mol. The lowest BCUT2D eigenvalue weighted by Crippen LogP contribution is -2.76. The molecule has 0 aromatic heterocycles. The van der Waals surface area contributed by atoms with E-state index in [0.29, 0.717) is 24.3 Å². The molecule has 1 spiro atoms. The van der Waals surface area contributed by atoms with Crippen LogP contribution in [0.25, 0.3) is 0 Å². The van der Waals surface area contributed by atoms with Crippen LogP contribution in [0, 0.1) is 11.8 Å². The molecule has 4 rings (SSSR count). The van der Waals surface area contributed by atoms with E-state index in [1.165, 1.54) is 0 Å². The van der Waals surface area contributed by atoms with Gasteiger partial charge in [0, 0.05) is 12.1 Å². The van der Waals surface area contributed by atoms with Crippen molar-refractivity contribution in [2.45, 2.75) is 43.7 Å². The third-order valence-electron chi connectivity index (χ3n) is 5.96. The molecule has 4 heteroatoms. The van der Waals surface area contributed by atoms with Gasteiger partial charge in [-0.15, -0.1) is 0 Å². The SMILES string of the molecule is C[C@@H]1C[C@H]2C(=O)C(O)=C3C=CCN4CCC[C@@]2(O)[C@]34C1. The lowest BCUT2D eigenvalue weighted by molar-refractivity contribution is -0.197. The standard InChI is InChI=1S/C16H21NO3/c1-10-8-12-14(19)13(18)11-4-2-6-17-7-3-5-16(12,20)15(11,17)9-10/h2,4,10,12,18,20H,3,5-9H2,1H3/t10-,12+,15+,16+/m1/s1. The summed E-state index contributed by atoms with van der Waals surface area (Å²) in [6, 6.07) is 0. The molecule has 108 valence electrons. The van der Waals surface area contributed by atoms with E-state index in [1.807, 2.05) is 12.2 Å². The smallest absolute Gasteiger partial charge is 0.203 e. The molecule has 20 heavy (non-hydrogen) atoms. The fraction of sp³-hybridized carbons (Fsp3) is 0.688. The van der Waals surface area contributed by atoms with Crippen molar-refractivity contribution < 1.29 is 15.0 Å². The summed E-state index contributed by atoms with van der Waals surface area (Å²) in [5.41, 5.74) is -0.875. The van der Waals surface area contributed by atoms with Crippen LogP contribution in [0.3, 0.4) is 0 Å². The summed E-state index contributed by atoms with van der Waals surface area (Å²) < 4.78 is 0. The highest BCUT2D eigenvalue weighted by Crippen LogP contribution is 2.59. The number of nitrogens with zero attached hydrogens (tertiary/aromatic N) is 1. The van der Waals surface area contributed by atoms with E-state index < -0.39 is 17.1 Å². The zero-order valence-corrected chi connectivity index (χ0v) is 11.8. The molecule has 2 fully saturated rings. The Morgan fingerprint density at radius 3 is 3.05 bits per heavy atom. The number of piperidine rings is 1. The first-order chi connectivity index (χ1) is 9.50. The third-order valence-corrected chi connectivity index (χ3v) is 5.96. The number of allylic oxidation sites excluding steroid dienone is 1. The maximum Gasteiger partial charge on any atom is 0.203 e. The van der Waals surface area contributed by atoms with E-state index in [1.54, 1.807) is 0 Å². The Kier molecular flexibility index (Phi) is 2.36. The highest BCUT2D eigenvalue weighted by atomic mass is 16.3. The van der Waals surface area contributed by atoms with Crippen LogP contribution < -0.4 is 0 Å². The lowest BCUT2D eigenvalue weighted by Gasteiger charge is -2.65. The van der Waals surface area contributed by atoms with Gasteiger partial charge in [-0.3, -0.25) is 9.69 Å². The summed E-state index contributed by atoms with van der Waals surface area (Å²) in [6.07, 6.45) is 6.96. The van der Waals surface area contributed by atoms with Crippen molar-refractivity contribution in [2.24, 2.45) is 11.8 Å². The maximum atomic E-state index is 12.5. The summed E-state index contributed by atoms with van der Waals surface area (Å²) in [7, 11) is 0. The van der Waals surface area contributed by atoms with Gasteiger partial charge in [-0.05, 0) is 38.1 Å². The third kappa shape index (κ3) is 1.19. The van der Waals surface area contributed by atoms with Crippen molar-refractivity contribution in [1.82, 2.24) is 4.90 Å². The molecule has 0 amide bonds. The monoisotopic (exact) mass is 275 g/mol. The van der Waals surface area contributed by atoms with Crippen LogP contribution >= 0.6 is 0 Å². The van der Waals surface area contributed by atoms with Gasteiger partial charge in [-0.2, -0.15) is 0 Å². The van der Waals surface area contributed by atoms with E-state index in [9.17, 15) is 15.0 Å². The molecule has 2 heterocycles. The van der Waals surface area contributed by atoms with Gasteiger partial charge in [0.05, 0.1) is 17.1 Å². The first-order valence-corrected chi connectivity index (χ1v) is 7.62. The summed E-state index contributed by atoms with van der Waals surface area (Å²) in [6.45, 7) is 3.88. The van der Waals surface area contributed by atoms with Crippen LogP contribution in [0.5, 0.6) is 0 Å². The second-order valence-electron chi connectivity index (χ2n) is 6.96. The Bertz CT molecular complexity index is 552. The van der Waals surface area contributed by atoms with Crippen molar-refractivity contribution in [3.05, 3.63) is 23.5 Å². The molecule has 4 aliphatic rings. The fourth-order valence-electron chi connectivity index (χ4n) is 5.26. The highest BCUT2D eigenvalue weighted by molar-refractivity contribution is 5.99. The average molecular weight is 275 g/mol. The molecule has 4 atom stereocenters. The number of Topliss-reactive ketones (excluding diaryl/α,β-unsaturated/α-hetero) is 1. The van der Waals surface area contributed by atoms with E-state index in [4.69, 9.17) is 0 Å². The Balaban J connectivity index is 2.04. The van der Waals surface area contributed by atoms with Crippen LogP contribution in [-0.4, -0.2) is 45.1 Å². The van der Waals surface area contributed by atoms with Crippen LogP contribution in [0.15, 0.2) is 23.5 Å². The van der Waals surface area contributed by atoms with Gasteiger partial charge < -0.3 is 10.2 Å². The second-order valence-corrected chi connectivity index (χ2v) is 6.96. The minimum atomic E-state index is -0.999. The van der Waals surface area contributed by atoms with E-state index in [-0.39, 0.29) is 11.5 Å². The van der Waals surface area contributed by atoms with Crippen molar-refractivity contribution >= 4 is 5.78 Å². The quantitative estimate of drug-likeness (QED) is 0.704. The second kappa shape index (κ2) is 3.74. The molecule has 0 aromatic rings. The Hall–Kier alpha value is -1.13. The zero-order valence-electron chi connectivity index (χ0n) is 11.8. The number of aliphatic hydroxyl groups is 2. The number of ketones is 1. The molecular formula is C16H21NO3. The number of aliphatic hydroxyl groups excluding tert-OH is 1. The number of hydrogen-bond donors (Lipinski definition) is 2. The Morgan fingerprint density at radius 1 is 1.45 bits per heavy atom. The molecule has 2 aliphatic heterocycles. The van der Waals surface area contributed by atoms with Gasteiger partial charge in [0.1, 0.15) is 0 Å². The van der Waals surface area contributed by atoms with E-state index in [2.05, 4.69) is 11.8 Å². The average Bonchev–Trinajstić information content (AvgIpc) is 2.42. The Labute approximate surface area is 118 Å². The van der Waals surface area contributed by atoms with Crippen LogP contribution in [-0.2, 0) is 4.79 Å². The van der Waals surface area contributed by atoms with Gasteiger partial charge >= 0.3 is 0 Å². The molecule has 2 bridgehead atoms. The van der Waals surface area contributed by atoms with Crippen molar-refractivity contribution in [2.75, 3.05) is 13.1 Å². The molecule has 2 aliphatic carbocycles. The Morgan fingerprint density at radius 2 is 2.25 bits per heavy atom. The van der Waals surface area contributed by atoms with Gasteiger partial charge in [-0.1, -0.05) is 19.1 Å². The summed E-state index contributed by atoms with van der Waals surface area (Å²) >= 11 is 0. The molecule has 0 radical (unpaired) electrons. The van der Waals surface area contributed by atoms with Gasteiger partial charge in [0.2, 0.25) is 5.78 Å². The number of hydrogen-bond acceptors (Lipinski definition) is 4. The van der Waals surface area contributed by atoms with E-state index in [0.717, 1.165) is 25.9 Å². The fourth-order valence-corrected chi connectivity index (χ4v) is 5.26. The van der Waals surface area contributed by atoms with Crippen molar-refractivity contribution in [3.8, 4) is 0 Å². The summed E-state index contributed by atoms with van der Waals surface area (Å²) in [5, 5.41) is 21.8. The van der Waals surface area contributed by atoms with Crippen LogP contribution in [0.2, 0.25) is 0 Å². The van der Waals surface area contributed by atoms with Crippen molar-refractivity contribution in [1.29, 1.82) is 0 Å². The predicted octanol–water partition coefficient (Wildman–Crippen LogP) is 1.56. The van der Waals surface area contributed by atoms with Crippen LogP contribution in [0.1, 0.15) is 32.6 Å². The molecule has 0 unspecified atom stereocenters. The maximum absolute atomic E-state index is 12.5. The van der Waals surface area contributed by atoms with Gasteiger partial charge in [-0.25, -0.2) is 0 Å². The minimum absolute atomic E-state index is 0.102. The molecule has 1 saturated carbocycles. The molecule has 1 saturated heterocycles. The van der Waals surface area contributed by atoms with Crippen LogP contribution in [0.4, 0.5) is 0 Å². The first kappa shape index (κ1) is 12.6. The summed E-state index contributed by atoms with van der Waals surface area (Å²) in [4.78, 5) is 14.8. The minimum Gasteiger partial charge on any atom is -0.504 e. The predicted molar refractivity (Wildman–Crippen MR) is 74.2 cm³/mol. The molecule has 4 nitrogen and oxygen atoms in total. The number of rotatable bonds is 0. The zero-order chi connectivity index (χ0) is 14.1.